The molecule has 8 heteroatoms. The second-order valence-electron chi connectivity index (χ2n) is 2.82. The fraction of sp³-hybridized carbons (Fsp3) is 0.250. The predicted octanol–water partition coefficient (Wildman–Crippen LogP) is 0.781. The number of nitrogens with one attached hydrogen (secondary N) is 2. The second-order valence-corrected chi connectivity index (χ2v) is 3.16. The smallest absolute Gasteiger partial charge is 0.272 e. The number of allylic oxidation sites excluding steroid dienone is 1. The summed E-state index contributed by atoms with van der Waals surface area (Å²) < 4.78 is 0. The SMILES string of the molecule is CCNc1nc(Cl)nc(N2N=CC=CN2)n1. The molecule has 0 saturated carbocycles. The van der Waals surface area contributed by atoms with Gasteiger partial charge in [0.25, 0.3) is 5.95 Å². The van der Waals surface area contributed by atoms with E-state index in [1.807, 2.05) is 6.92 Å². The molecule has 0 aromatic carbocycles. The third kappa shape index (κ3) is 2.37. The zero-order valence-corrected chi connectivity index (χ0v) is 9.31. The van der Waals surface area contributed by atoms with Crippen molar-refractivity contribution in [1.29, 1.82) is 0 Å². The molecule has 1 aromatic heterocycles. The average Bonchev–Trinajstić information content (AvgIpc) is 2.30. The van der Waals surface area contributed by atoms with Gasteiger partial charge in [0.2, 0.25) is 11.2 Å². The molecule has 1 aliphatic heterocycles. The Morgan fingerprint density at radius 1 is 1.44 bits per heavy atom. The first-order valence-electron chi connectivity index (χ1n) is 4.70. The van der Waals surface area contributed by atoms with Crippen LogP contribution in [0.4, 0.5) is 11.9 Å². The molecule has 0 bridgehead atoms. The lowest BCUT2D eigenvalue weighted by atomic mass is 10.6. The van der Waals surface area contributed by atoms with E-state index in [2.05, 4.69) is 30.8 Å². The Morgan fingerprint density at radius 3 is 3.00 bits per heavy atom. The highest BCUT2D eigenvalue weighted by Gasteiger charge is 2.11. The average molecular weight is 240 g/mol. The molecule has 0 saturated heterocycles. The molecule has 2 rings (SSSR count). The molecule has 0 amide bonds. The highest BCUT2D eigenvalue weighted by atomic mass is 35.5. The number of aromatic nitrogens is 3. The van der Waals surface area contributed by atoms with Gasteiger partial charge in [-0.2, -0.15) is 20.1 Å². The van der Waals surface area contributed by atoms with E-state index in [0.717, 1.165) is 0 Å². The van der Waals surface area contributed by atoms with Gasteiger partial charge in [-0.3, -0.25) is 5.43 Å². The lowest BCUT2D eigenvalue weighted by Gasteiger charge is -2.18. The second kappa shape index (κ2) is 4.75. The molecule has 1 aliphatic rings. The van der Waals surface area contributed by atoms with Gasteiger partial charge in [-0.15, -0.1) is 5.12 Å². The van der Waals surface area contributed by atoms with Crippen LogP contribution in [-0.4, -0.2) is 27.7 Å². The molecular formula is C8H10ClN7. The molecular weight excluding hydrogens is 230 g/mol. The van der Waals surface area contributed by atoms with Crippen molar-refractivity contribution in [3.05, 3.63) is 17.6 Å². The lowest BCUT2D eigenvalue weighted by molar-refractivity contribution is 0.735. The van der Waals surface area contributed by atoms with Crippen LogP contribution in [-0.2, 0) is 0 Å². The fourth-order valence-corrected chi connectivity index (χ4v) is 1.23. The van der Waals surface area contributed by atoms with Crippen molar-refractivity contribution in [1.82, 2.24) is 20.4 Å². The highest BCUT2D eigenvalue weighted by molar-refractivity contribution is 6.28. The van der Waals surface area contributed by atoms with Gasteiger partial charge in [-0.1, -0.05) is 0 Å². The summed E-state index contributed by atoms with van der Waals surface area (Å²) in [6.07, 6.45) is 5.07. The first-order chi connectivity index (χ1) is 7.79. The van der Waals surface area contributed by atoms with Gasteiger partial charge in [0, 0.05) is 12.7 Å². The number of halogens is 1. The Hall–Kier alpha value is -1.89. The summed E-state index contributed by atoms with van der Waals surface area (Å²) in [5.41, 5.74) is 2.85. The summed E-state index contributed by atoms with van der Waals surface area (Å²) in [6, 6.07) is 0. The number of rotatable bonds is 3. The Balaban J connectivity index is 2.26. The molecule has 0 unspecified atom stereocenters. The topological polar surface area (TPSA) is 78.3 Å². The van der Waals surface area contributed by atoms with Crippen LogP contribution in [0.1, 0.15) is 6.92 Å². The van der Waals surface area contributed by atoms with Crippen LogP contribution in [0.3, 0.4) is 0 Å². The third-order valence-corrected chi connectivity index (χ3v) is 1.85. The van der Waals surface area contributed by atoms with Gasteiger partial charge in [0.05, 0.1) is 6.21 Å². The van der Waals surface area contributed by atoms with Gasteiger partial charge in [-0.25, -0.2) is 0 Å². The van der Waals surface area contributed by atoms with Gasteiger partial charge in [0.15, 0.2) is 0 Å². The first-order valence-corrected chi connectivity index (χ1v) is 5.08. The predicted molar refractivity (Wildman–Crippen MR) is 62.2 cm³/mol. The maximum Gasteiger partial charge on any atom is 0.272 e. The Morgan fingerprint density at radius 2 is 2.31 bits per heavy atom. The Bertz CT molecular complexity index is 430. The molecule has 0 fully saturated rings. The number of hydrazine groups is 1. The minimum Gasteiger partial charge on any atom is -0.354 e. The van der Waals surface area contributed by atoms with Crippen LogP contribution in [0.2, 0.25) is 5.28 Å². The minimum atomic E-state index is 0.118. The summed E-state index contributed by atoms with van der Waals surface area (Å²) in [5, 5.41) is 8.49. The Labute approximate surface area is 97.2 Å². The molecule has 2 N–H and O–H groups in total. The van der Waals surface area contributed by atoms with Crippen molar-refractivity contribution in [2.24, 2.45) is 5.10 Å². The van der Waals surface area contributed by atoms with Crippen molar-refractivity contribution in [3.63, 3.8) is 0 Å². The largest absolute Gasteiger partial charge is 0.354 e. The van der Waals surface area contributed by atoms with Crippen molar-refractivity contribution in [2.75, 3.05) is 17.0 Å². The molecule has 0 radical (unpaired) electrons. The molecule has 84 valence electrons. The van der Waals surface area contributed by atoms with Crippen LogP contribution >= 0.6 is 11.6 Å². The van der Waals surface area contributed by atoms with Crippen LogP contribution < -0.4 is 15.9 Å². The lowest BCUT2D eigenvalue weighted by Crippen LogP contribution is -2.32. The zero-order chi connectivity index (χ0) is 11.4. The highest BCUT2D eigenvalue weighted by Crippen LogP contribution is 2.13. The minimum absolute atomic E-state index is 0.118. The standard InChI is InChI=1S/C8H10ClN7/c1-2-10-7-13-6(9)14-8(15-7)16-11-4-3-5-12-16/h3-5,11H,2H2,1H3,(H,10,13,14,15). The van der Waals surface area contributed by atoms with E-state index < -0.39 is 0 Å². The maximum absolute atomic E-state index is 5.78. The third-order valence-electron chi connectivity index (χ3n) is 1.68. The summed E-state index contributed by atoms with van der Waals surface area (Å²) in [6.45, 7) is 2.65. The van der Waals surface area contributed by atoms with E-state index >= 15 is 0 Å². The van der Waals surface area contributed by atoms with Crippen molar-refractivity contribution >= 4 is 29.7 Å². The van der Waals surface area contributed by atoms with E-state index in [9.17, 15) is 0 Å². The van der Waals surface area contributed by atoms with Gasteiger partial charge < -0.3 is 5.32 Å². The van der Waals surface area contributed by atoms with E-state index in [1.165, 1.54) is 5.12 Å². The van der Waals surface area contributed by atoms with Crippen LogP contribution in [0.15, 0.2) is 17.4 Å². The van der Waals surface area contributed by atoms with Crippen molar-refractivity contribution in [3.8, 4) is 0 Å². The number of hydrazone groups is 1. The normalized spacial score (nSPS) is 13.8. The van der Waals surface area contributed by atoms with Crippen molar-refractivity contribution < 1.29 is 0 Å². The molecule has 16 heavy (non-hydrogen) atoms. The molecule has 0 spiro atoms. The number of nitrogens with zero attached hydrogens (tertiary/aromatic N) is 5. The molecule has 7 nitrogen and oxygen atoms in total. The van der Waals surface area contributed by atoms with Crippen LogP contribution in [0.5, 0.6) is 0 Å². The van der Waals surface area contributed by atoms with Crippen LogP contribution in [0, 0.1) is 0 Å². The van der Waals surface area contributed by atoms with E-state index in [-0.39, 0.29) is 5.28 Å². The van der Waals surface area contributed by atoms with Crippen LogP contribution in [0.25, 0.3) is 0 Å². The summed E-state index contributed by atoms with van der Waals surface area (Å²) in [5.74, 6) is 0.751. The first kappa shape index (κ1) is 10.6. The number of hydrogen-bond donors (Lipinski definition) is 2. The summed E-state index contributed by atoms with van der Waals surface area (Å²) in [7, 11) is 0. The van der Waals surface area contributed by atoms with Gasteiger partial charge in [0.1, 0.15) is 0 Å². The van der Waals surface area contributed by atoms with E-state index in [4.69, 9.17) is 11.6 Å². The zero-order valence-electron chi connectivity index (χ0n) is 8.55. The van der Waals surface area contributed by atoms with E-state index in [1.54, 1.807) is 18.5 Å². The Kier molecular flexibility index (Phi) is 3.16. The van der Waals surface area contributed by atoms with Gasteiger partial charge in [-0.05, 0) is 24.6 Å². The monoisotopic (exact) mass is 239 g/mol. The molecule has 0 atom stereocenters. The molecule has 0 aliphatic carbocycles. The number of hydrogen-bond acceptors (Lipinski definition) is 7. The fourth-order valence-electron chi connectivity index (χ4n) is 1.08. The molecule has 1 aromatic rings. The summed E-state index contributed by atoms with van der Waals surface area (Å²) >= 11 is 5.78. The summed E-state index contributed by atoms with van der Waals surface area (Å²) in [4.78, 5) is 12.0. The molecule has 2 heterocycles. The van der Waals surface area contributed by atoms with E-state index in [0.29, 0.717) is 18.4 Å². The number of anilines is 2. The maximum atomic E-state index is 5.78. The quantitative estimate of drug-likeness (QED) is 0.812. The van der Waals surface area contributed by atoms with Crippen molar-refractivity contribution in [2.45, 2.75) is 6.92 Å². The van der Waals surface area contributed by atoms with Gasteiger partial charge >= 0.3 is 0 Å².